The third-order valence-electron chi connectivity index (χ3n) is 4.94. The van der Waals surface area contributed by atoms with Crippen molar-refractivity contribution in [1.29, 1.82) is 0 Å². The Morgan fingerprint density at radius 2 is 1.89 bits per heavy atom. The molecule has 0 atom stereocenters. The highest BCUT2D eigenvalue weighted by molar-refractivity contribution is 6.10. The number of anilines is 2. The van der Waals surface area contributed by atoms with E-state index in [2.05, 4.69) is 31.3 Å². The first-order chi connectivity index (χ1) is 12.9. The van der Waals surface area contributed by atoms with Crippen molar-refractivity contribution in [2.75, 3.05) is 23.8 Å². The molecule has 0 aliphatic carbocycles. The van der Waals surface area contributed by atoms with E-state index >= 15 is 0 Å². The number of amides is 3. The maximum Gasteiger partial charge on any atom is 0.321 e. The lowest BCUT2D eigenvalue weighted by Crippen LogP contribution is -2.31. The summed E-state index contributed by atoms with van der Waals surface area (Å²) in [6.45, 7) is 7.58. The molecule has 0 saturated heterocycles. The van der Waals surface area contributed by atoms with Gasteiger partial charge in [-0.15, -0.1) is 0 Å². The summed E-state index contributed by atoms with van der Waals surface area (Å²) in [6.07, 6.45) is 0.900. The van der Waals surface area contributed by atoms with E-state index in [1.165, 1.54) is 5.56 Å². The number of nitrogens with one attached hydrogen (secondary N) is 1. The lowest BCUT2D eigenvalue weighted by molar-refractivity contribution is 0.0996. The van der Waals surface area contributed by atoms with Crippen LogP contribution in [0.1, 0.15) is 54.6 Å². The van der Waals surface area contributed by atoms with E-state index < -0.39 is 0 Å². The highest BCUT2D eigenvalue weighted by atomic mass is 16.2. The molecule has 3 amide bonds. The van der Waals surface area contributed by atoms with E-state index in [9.17, 15) is 9.59 Å². The number of hydrogen-bond acceptors (Lipinski definition) is 2. The van der Waals surface area contributed by atoms with Crippen LogP contribution >= 0.6 is 0 Å². The lowest BCUT2D eigenvalue weighted by atomic mass is 10.0. The molecule has 0 bridgehead atoms. The zero-order chi connectivity index (χ0) is 19.6. The van der Waals surface area contributed by atoms with Crippen LogP contribution in [-0.2, 0) is 6.54 Å². The van der Waals surface area contributed by atoms with Crippen molar-refractivity contribution < 1.29 is 9.59 Å². The first-order valence-corrected chi connectivity index (χ1v) is 9.47. The summed E-state index contributed by atoms with van der Waals surface area (Å²) in [5.74, 6) is 0.433. The summed E-state index contributed by atoms with van der Waals surface area (Å²) in [5, 5.41) is 2.87. The number of hydrogen-bond donors (Lipinski definition) is 1. The molecule has 1 heterocycles. The average Bonchev–Trinajstić information content (AvgIpc) is 2.98. The van der Waals surface area contributed by atoms with Gasteiger partial charge < -0.3 is 15.1 Å². The maximum atomic E-state index is 12.9. The third kappa shape index (κ3) is 3.97. The van der Waals surface area contributed by atoms with Gasteiger partial charge in [-0.1, -0.05) is 39.0 Å². The SMILES string of the molecule is CCCN(C)C(=O)Nc1ccc2c(c1)C(=O)N(c1ccc(C(C)C)cc1)C2. The molecule has 1 N–H and O–H groups in total. The van der Waals surface area contributed by atoms with Gasteiger partial charge in [-0.3, -0.25) is 4.79 Å². The Hall–Kier alpha value is -2.82. The molecule has 5 nitrogen and oxygen atoms in total. The van der Waals surface area contributed by atoms with Gasteiger partial charge in [0, 0.05) is 30.5 Å². The number of benzene rings is 2. The van der Waals surface area contributed by atoms with Gasteiger partial charge in [0.1, 0.15) is 0 Å². The van der Waals surface area contributed by atoms with Crippen molar-refractivity contribution in [3.63, 3.8) is 0 Å². The molecule has 1 aliphatic rings. The van der Waals surface area contributed by atoms with Crippen LogP contribution in [0.25, 0.3) is 0 Å². The smallest absolute Gasteiger partial charge is 0.321 e. The molecule has 1 aliphatic heterocycles. The van der Waals surface area contributed by atoms with Gasteiger partial charge >= 0.3 is 6.03 Å². The summed E-state index contributed by atoms with van der Waals surface area (Å²) >= 11 is 0. The van der Waals surface area contributed by atoms with Crippen molar-refractivity contribution in [2.45, 2.75) is 39.7 Å². The predicted molar refractivity (Wildman–Crippen MR) is 109 cm³/mol. The van der Waals surface area contributed by atoms with E-state index in [-0.39, 0.29) is 11.9 Å². The molecule has 0 fully saturated rings. The van der Waals surface area contributed by atoms with E-state index in [1.807, 2.05) is 31.2 Å². The number of nitrogens with zero attached hydrogens (tertiary/aromatic N) is 2. The zero-order valence-corrected chi connectivity index (χ0v) is 16.5. The van der Waals surface area contributed by atoms with Crippen LogP contribution in [0.3, 0.4) is 0 Å². The monoisotopic (exact) mass is 365 g/mol. The molecule has 5 heteroatoms. The molecule has 2 aromatic rings. The first-order valence-electron chi connectivity index (χ1n) is 9.47. The second kappa shape index (κ2) is 7.82. The van der Waals surface area contributed by atoms with Gasteiger partial charge in [0.25, 0.3) is 5.91 Å². The molecule has 2 aromatic carbocycles. The first kappa shape index (κ1) is 19.0. The Kier molecular flexibility index (Phi) is 5.49. The molecule has 3 rings (SSSR count). The predicted octanol–water partition coefficient (Wildman–Crippen LogP) is 4.84. The van der Waals surface area contributed by atoms with Gasteiger partial charge in [-0.25, -0.2) is 4.79 Å². The number of urea groups is 1. The van der Waals surface area contributed by atoms with Crippen LogP contribution in [-0.4, -0.2) is 30.4 Å². The van der Waals surface area contributed by atoms with Crippen LogP contribution in [0.2, 0.25) is 0 Å². The number of carbonyl (C=O) groups excluding carboxylic acids is 2. The van der Waals surface area contributed by atoms with E-state index in [4.69, 9.17) is 0 Å². The summed E-state index contributed by atoms with van der Waals surface area (Å²) in [5.41, 5.74) is 4.43. The molecule has 0 unspecified atom stereocenters. The highest BCUT2D eigenvalue weighted by Crippen LogP contribution is 2.31. The van der Waals surface area contributed by atoms with Crippen molar-refractivity contribution in [1.82, 2.24) is 4.90 Å². The second-order valence-corrected chi connectivity index (χ2v) is 7.36. The molecular weight excluding hydrogens is 338 g/mol. The summed E-state index contributed by atoms with van der Waals surface area (Å²) in [4.78, 5) is 28.5. The number of rotatable bonds is 5. The Morgan fingerprint density at radius 1 is 1.19 bits per heavy atom. The normalized spacial score (nSPS) is 13.1. The average molecular weight is 365 g/mol. The molecular formula is C22H27N3O2. The van der Waals surface area contributed by atoms with Crippen LogP contribution in [0, 0.1) is 0 Å². The quantitative estimate of drug-likeness (QED) is 0.824. The second-order valence-electron chi connectivity index (χ2n) is 7.36. The molecule has 0 saturated carbocycles. The zero-order valence-electron chi connectivity index (χ0n) is 16.5. The van der Waals surface area contributed by atoms with Crippen LogP contribution in [0.15, 0.2) is 42.5 Å². The van der Waals surface area contributed by atoms with Gasteiger partial charge in [0.2, 0.25) is 0 Å². The van der Waals surface area contributed by atoms with Crippen LogP contribution in [0.4, 0.5) is 16.2 Å². The summed E-state index contributed by atoms with van der Waals surface area (Å²) in [7, 11) is 1.76. The van der Waals surface area contributed by atoms with Crippen molar-refractivity contribution in [2.24, 2.45) is 0 Å². The number of fused-ring (bicyclic) bond motifs is 1. The minimum atomic E-state index is -0.164. The third-order valence-corrected chi connectivity index (χ3v) is 4.94. The fourth-order valence-corrected chi connectivity index (χ4v) is 3.28. The molecule has 0 radical (unpaired) electrons. The van der Waals surface area contributed by atoms with E-state index in [0.29, 0.717) is 30.3 Å². The Bertz CT molecular complexity index is 843. The van der Waals surface area contributed by atoms with Crippen molar-refractivity contribution in [3.05, 3.63) is 59.2 Å². The van der Waals surface area contributed by atoms with E-state index in [0.717, 1.165) is 17.7 Å². The Labute approximate surface area is 161 Å². The van der Waals surface area contributed by atoms with Gasteiger partial charge in [0.15, 0.2) is 0 Å². The molecule has 27 heavy (non-hydrogen) atoms. The summed E-state index contributed by atoms with van der Waals surface area (Å²) < 4.78 is 0. The van der Waals surface area contributed by atoms with Gasteiger partial charge in [-0.05, 0) is 47.7 Å². The minimum absolute atomic E-state index is 0.0275. The van der Waals surface area contributed by atoms with Crippen LogP contribution in [0.5, 0.6) is 0 Å². The minimum Gasteiger partial charge on any atom is -0.328 e. The Balaban J connectivity index is 1.76. The fraction of sp³-hybridized carbons (Fsp3) is 0.364. The van der Waals surface area contributed by atoms with Gasteiger partial charge in [0.05, 0.1) is 6.54 Å². The standard InChI is InChI=1S/C22H27N3O2/c1-5-12-24(4)22(27)23-18-9-6-17-14-25(21(26)20(17)13-18)19-10-7-16(8-11-19)15(2)3/h6-11,13,15H,5,12,14H2,1-4H3,(H,23,27). The van der Waals surface area contributed by atoms with Crippen molar-refractivity contribution in [3.8, 4) is 0 Å². The molecule has 0 spiro atoms. The molecule has 142 valence electrons. The lowest BCUT2D eigenvalue weighted by Gasteiger charge is -2.17. The largest absolute Gasteiger partial charge is 0.328 e. The van der Waals surface area contributed by atoms with Gasteiger partial charge in [-0.2, -0.15) is 0 Å². The highest BCUT2D eigenvalue weighted by Gasteiger charge is 2.29. The van der Waals surface area contributed by atoms with E-state index in [1.54, 1.807) is 22.9 Å². The maximum absolute atomic E-state index is 12.9. The Morgan fingerprint density at radius 3 is 2.52 bits per heavy atom. The number of carbonyl (C=O) groups is 2. The fourth-order valence-electron chi connectivity index (χ4n) is 3.28. The molecule has 0 aromatic heterocycles. The van der Waals surface area contributed by atoms with Crippen LogP contribution < -0.4 is 10.2 Å². The topological polar surface area (TPSA) is 52.7 Å². The summed E-state index contributed by atoms with van der Waals surface area (Å²) in [6, 6.07) is 13.5. The van der Waals surface area contributed by atoms with Crippen molar-refractivity contribution >= 4 is 23.3 Å².